The Morgan fingerprint density at radius 3 is 2.36 bits per heavy atom. The lowest BCUT2D eigenvalue weighted by Gasteiger charge is -2.36. The van der Waals surface area contributed by atoms with Crippen molar-refractivity contribution in [2.75, 3.05) is 49.3 Å². The molecule has 0 radical (unpaired) electrons. The van der Waals surface area contributed by atoms with E-state index in [9.17, 15) is 13.9 Å². The third kappa shape index (κ3) is 4.64. The van der Waals surface area contributed by atoms with Crippen LogP contribution in [0.3, 0.4) is 0 Å². The molecule has 7 nitrogen and oxygen atoms in total. The molecule has 1 fully saturated rings. The molecule has 4 heterocycles. The number of aliphatic hydroxyl groups is 1. The zero-order chi connectivity index (χ0) is 25.4. The molecular weight excluding hydrogens is 462 g/mol. The largest absolute Gasteiger partial charge is 0.370 e. The van der Waals surface area contributed by atoms with Crippen LogP contribution in [0.25, 0.3) is 11.6 Å². The molecule has 188 valence electrons. The van der Waals surface area contributed by atoms with Gasteiger partial charge in [-0.25, -0.2) is 18.7 Å². The lowest BCUT2D eigenvalue weighted by molar-refractivity contribution is 0.231. The Kier molecular flexibility index (Phi) is 6.59. The number of aromatic nitrogens is 2. The van der Waals surface area contributed by atoms with E-state index in [1.165, 1.54) is 18.2 Å². The molecule has 0 saturated carbocycles. The minimum Gasteiger partial charge on any atom is -0.370 e. The molecule has 2 N–H and O–H groups in total. The summed E-state index contributed by atoms with van der Waals surface area (Å²) in [6, 6.07) is 9.90. The molecular formula is C27H30F2N6O. The maximum atomic E-state index is 14.4. The summed E-state index contributed by atoms with van der Waals surface area (Å²) >= 11 is 0. The maximum absolute atomic E-state index is 14.4. The van der Waals surface area contributed by atoms with Gasteiger partial charge in [-0.3, -0.25) is 0 Å². The number of pyridine rings is 2. The van der Waals surface area contributed by atoms with Crippen LogP contribution < -0.4 is 15.1 Å². The SMILES string of the molecule is CN1CCC(N(C)c2ccc(Nc3cc4c(cn3)C=C(c3c(F)cccc3F)C(O)N4C)nc2)CC1. The third-order valence-electron chi connectivity index (χ3n) is 7.15. The number of likely N-dealkylation sites (N-methyl/N-ethyl adjacent to an activating group) is 1. The van der Waals surface area contributed by atoms with Crippen LogP contribution in [0.1, 0.15) is 24.0 Å². The van der Waals surface area contributed by atoms with Crippen LogP contribution in [0, 0.1) is 11.6 Å². The van der Waals surface area contributed by atoms with E-state index in [1.807, 2.05) is 18.3 Å². The zero-order valence-corrected chi connectivity index (χ0v) is 20.6. The van der Waals surface area contributed by atoms with Gasteiger partial charge in [-0.15, -0.1) is 0 Å². The smallest absolute Gasteiger partial charge is 0.153 e. The number of nitrogens with zero attached hydrogens (tertiary/aromatic N) is 5. The lowest BCUT2D eigenvalue weighted by atomic mass is 9.96. The van der Waals surface area contributed by atoms with Crippen LogP contribution >= 0.6 is 0 Å². The van der Waals surface area contributed by atoms with Gasteiger partial charge in [-0.05, 0) is 63.3 Å². The molecule has 2 aliphatic heterocycles. The second-order valence-electron chi connectivity index (χ2n) is 9.48. The van der Waals surface area contributed by atoms with Gasteiger partial charge in [0.2, 0.25) is 0 Å². The molecule has 5 rings (SSSR count). The van der Waals surface area contributed by atoms with E-state index in [2.05, 4.69) is 39.2 Å². The van der Waals surface area contributed by atoms with E-state index in [4.69, 9.17) is 0 Å². The Morgan fingerprint density at radius 2 is 1.69 bits per heavy atom. The predicted octanol–water partition coefficient (Wildman–Crippen LogP) is 4.34. The summed E-state index contributed by atoms with van der Waals surface area (Å²) < 4.78 is 28.7. The standard InChI is InChI=1S/C27H30F2N6O/c1-33-11-9-18(10-12-33)34(2)19-7-8-24(31-16-19)32-25-14-23-17(15-30-25)13-20(27(36)35(23)3)26-21(28)5-4-6-22(26)29/h4-8,13-16,18,27,36H,9-12H2,1-3H3,(H,30,31,32). The zero-order valence-electron chi connectivity index (χ0n) is 20.6. The van der Waals surface area contributed by atoms with Crippen molar-refractivity contribution in [3.8, 4) is 0 Å². The summed E-state index contributed by atoms with van der Waals surface area (Å²) in [6.07, 6.45) is 6.08. The third-order valence-corrected chi connectivity index (χ3v) is 7.15. The molecule has 2 aliphatic rings. The number of hydrogen-bond donors (Lipinski definition) is 2. The van der Waals surface area contributed by atoms with Crippen LogP contribution in [0.5, 0.6) is 0 Å². The number of nitrogens with one attached hydrogen (secondary N) is 1. The van der Waals surface area contributed by atoms with Crippen LogP contribution in [-0.4, -0.2) is 66.5 Å². The van der Waals surface area contributed by atoms with Gasteiger partial charge in [0.1, 0.15) is 23.3 Å². The van der Waals surface area contributed by atoms with Crippen molar-refractivity contribution in [1.29, 1.82) is 0 Å². The van der Waals surface area contributed by atoms with Gasteiger partial charge < -0.3 is 25.1 Å². The number of piperidine rings is 1. The minimum atomic E-state index is -1.22. The number of hydrogen-bond acceptors (Lipinski definition) is 7. The molecule has 2 aromatic heterocycles. The highest BCUT2D eigenvalue weighted by Crippen LogP contribution is 2.38. The van der Waals surface area contributed by atoms with Crippen LogP contribution in [0.4, 0.5) is 31.8 Å². The molecule has 0 bridgehead atoms. The summed E-state index contributed by atoms with van der Waals surface area (Å²) in [4.78, 5) is 15.2. The van der Waals surface area contributed by atoms with E-state index in [0.29, 0.717) is 28.9 Å². The number of halogens is 2. The number of fused-ring (bicyclic) bond motifs is 1. The summed E-state index contributed by atoms with van der Waals surface area (Å²) in [5.41, 5.74) is 2.30. The van der Waals surface area contributed by atoms with Gasteiger partial charge in [0.05, 0.1) is 23.1 Å². The average Bonchev–Trinajstić information content (AvgIpc) is 2.87. The molecule has 1 aromatic carbocycles. The van der Waals surface area contributed by atoms with Gasteiger partial charge in [0, 0.05) is 43.5 Å². The van der Waals surface area contributed by atoms with E-state index in [1.54, 1.807) is 30.3 Å². The van der Waals surface area contributed by atoms with Gasteiger partial charge in [-0.2, -0.15) is 0 Å². The second-order valence-corrected chi connectivity index (χ2v) is 9.48. The van der Waals surface area contributed by atoms with Crippen molar-refractivity contribution in [3.63, 3.8) is 0 Å². The topological polar surface area (TPSA) is 67.8 Å². The van der Waals surface area contributed by atoms with Crippen molar-refractivity contribution in [3.05, 3.63) is 71.6 Å². The van der Waals surface area contributed by atoms with Gasteiger partial charge in [0.15, 0.2) is 6.23 Å². The minimum absolute atomic E-state index is 0.147. The molecule has 0 aliphatic carbocycles. The monoisotopic (exact) mass is 492 g/mol. The number of anilines is 4. The van der Waals surface area contributed by atoms with Crippen molar-refractivity contribution < 1.29 is 13.9 Å². The quantitative estimate of drug-likeness (QED) is 0.549. The Balaban J connectivity index is 1.34. The van der Waals surface area contributed by atoms with E-state index in [0.717, 1.165) is 31.6 Å². The number of benzene rings is 1. The van der Waals surface area contributed by atoms with E-state index >= 15 is 0 Å². The first kappa shape index (κ1) is 24.1. The first-order valence-corrected chi connectivity index (χ1v) is 12.0. The molecule has 0 amide bonds. The summed E-state index contributed by atoms with van der Waals surface area (Å²) in [5.74, 6) is -0.254. The van der Waals surface area contributed by atoms with E-state index < -0.39 is 17.9 Å². The van der Waals surface area contributed by atoms with Crippen LogP contribution in [-0.2, 0) is 0 Å². The molecule has 3 aromatic rings. The molecule has 1 atom stereocenters. The van der Waals surface area contributed by atoms with Crippen molar-refractivity contribution in [2.24, 2.45) is 0 Å². The normalized spacial score (nSPS) is 18.6. The van der Waals surface area contributed by atoms with Crippen molar-refractivity contribution in [2.45, 2.75) is 25.1 Å². The Morgan fingerprint density at radius 1 is 1.00 bits per heavy atom. The predicted molar refractivity (Wildman–Crippen MR) is 139 cm³/mol. The second kappa shape index (κ2) is 9.83. The molecule has 1 saturated heterocycles. The number of aliphatic hydroxyl groups excluding tert-OH is 1. The molecule has 0 spiro atoms. The number of likely N-dealkylation sites (tertiary alicyclic amines) is 1. The highest BCUT2D eigenvalue weighted by molar-refractivity contribution is 5.92. The van der Waals surface area contributed by atoms with Gasteiger partial charge in [-0.1, -0.05) is 6.07 Å². The highest BCUT2D eigenvalue weighted by Gasteiger charge is 2.29. The Bertz CT molecular complexity index is 1250. The fraction of sp³-hybridized carbons (Fsp3) is 0.333. The summed E-state index contributed by atoms with van der Waals surface area (Å²) in [5, 5.41) is 14.0. The van der Waals surface area contributed by atoms with Crippen molar-refractivity contribution >= 4 is 34.7 Å². The average molecular weight is 493 g/mol. The number of rotatable bonds is 5. The molecule has 1 unspecified atom stereocenters. The Hall–Kier alpha value is -3.56. The molecule has 36 heavy (non-hydrogen) atoms. The summed E-state index contributed by atoms with van der Waals surface area (Å²) in [7, 11) is 5.94. The van der Waals surface area contributed by atoms with Crippen LogP contribution in [0.15, 0.2) is 48.8 Å². The first-order valence-electron chi connectivity index (χ1n) is 12.0. The lowest BCUT2D eigenvalue weighted by Crippen LogP contribution is -2.42. The highest BCUT2D eigenvalue weighted by atomic mass is 19.1. The van der Waals surface area contributed by atoms with Gasteiger partial charge >= 0.3 is 0 Å². The van der Waals surface area contributed by atoms with E-state index in [-0.39, 0.29) is 11.1 Å². The summed E-state index contributed by atoms with van der Waals surface area (Å²) in [6.45, 7) is 2.20. The fourth-order valence-corrected chi connectivity index (χ4v) is 4.89. The van der Waals surface area contributed by atoms with Crippen LogP contribution in [0.2, 0.25) is 0 Å². The molecule has 9 heteroatoms. The maximum Gasteiger partial charge on any atom is 0.153 e. The first-order chi connectivity index (χ1) is 17.3. The van der Waals surface area contributed by atoms with Crippen molar-refractivity contribution in [1.82, 2.24) is 14.9 Å². The van der Waals surface area contributed by atoms with Gasteiger partial charge in [0.25, 0.3) is 0 Å². The fourth-order valence-electron chi connectivity index (χ4n) is 4.89. The Labute approximate surface area is 209 Å².